The maximum atomic E-state index is 11.4. The van der Waals surface area contributed by atoms with Crippen LogP contribution in [0.5, 0.6) is 0 Å². The molecule has 0 saturated carbocycles. The van der Waals surface area contributed by atoms with Crippen LogP contribution in [0.25, 0.3) is 0 Å². The Morgan fingerprint density at radius 1 is 0.906 bits per heavy atom. The molecule has 0 radical (unpaired) electrons. The highest BCUT2D eigenvalue weighted by Gasteiger charge is 2.31. The molecule has 0 rings (SSSR count). The lowest BCUT2D eigenvalue weighted by molar-refractivity contribution is -0.144. The first kappa shape index (κ1) is 30.4. The Morgan fingerprint density at radius 2 is 1.38 bits per heavy atom. The zero-order valence-electron chi connectivity index (χ0n) is 19.2. The van der Waals surface area contributed by atoms with E-state index in [9.17, 15) is 24.9 Å². The Bertz CT molecular complexity index is 528. The van der Waals surface area contributed by atoms with Crippen molar-refractivity contribution in [3.05, 3.63) is 12.2 Å². The maximum absolute atomic E-state index is 11.4. The van der Waals surface area contributed by atoms with Gasteiger partial charge in [0.2, 0.25) is 0 Å². The average Bonchev–Trinajstić information content (AvgIpc) is 2.75. The molecule has 0 aliphatic carbocycles. The van der Waals surface area contributed by atoms with Gasteiger partial charge in [-0.1, -0.05) is 13.5 Å². The average molecular weight is 467 g/mol. The van der Waals surface area contributed by atoms with Crippen molar-refractivity contribution in [3.63, 3.8) is 0 Å². The van der Waals surface area contributed by atoms with E-state index >= 15 is 0 Å². The molecule has 0 amide bonds. The van der Waals surface area contributed by atoms with E-state index in [0.717, 1.165) is 0 Å². The minimum Gasteiger partial charge on any atom is -0.465 e. The van der Waals surface area contributed by atoms with Crippen LogP contribution >= 0.6 is 0 Å². The van der Waals surface area contributed by atoms with Crippen molar-refractivity contribution in [3.8, 4) is 0 Å². The van der Waals surface area contributed by atoms with Crippen molar-refractivity contribution in [2.24, 2.45) is 5.41 Å². The quantitative estimate of drug-likeness (QED) is 0.114. The van der Waals surface area contributed by atoms with Gasteiger partial charge in [-0.15, -0.1) is 0 Å². The fourth-order valence-electron chi connectivity index (χ4n) is 2.45. The highest BCUT2D eigenvalue weighted by Crippen LogP contribution is 2.24. The number of aliphatic hydroxyl groups is 3. The largest absolute Gasteiger partial charge is 0.465 e. The summed E-state index contributed by atoms with van der Waals surface area (Å²) >= 11 is 0. The number of ether oxygens (including phenoxy) is 6. The third-order valence-corrected chi connectivity index (χ3v) is 4.38. The Labute approximate surface area is 189 Å². The summed E-state index contributed by atoms with van der Waals surface area (Å²) in [6.07, 6.45) is -2.23. The molecule has 0 bridgehead atoms. The van der Waals surface area contributed by atoms with Crippen molar-refractivity contribution in [2.75, 3.05) is 66.6 Å². The Kier molecular flexibility index (Phi) is 17.0. The van der Waals surface area contributed by atoms with E-state index < -0.39 is 29.7 Å². The molecule has 0 spiro atoms. The van der Waals surface area contributed by atoms with E-state index in [1.165, 1.54) is 14.0 Å². The summed E-state index contributed by atoms with van der Waals surface area (Å²) in [5.74, 6) is -0.597. The number of esters is 1. The monoisotopic (exact) mass is 466 g/mol. The van der Waals surface area contributed by atoms with Crippen LogP contribution in [-0.4, -0.2) is 113 Å². The lowest BCUT2D eigenvalue weighted by Gasteiger charge is -2.33. The second-order valence-electron chi connectivity index (χ2n) is 7.62. The van der Waals surface area contributed by atoms with E-state index in [1.807, 2.05) is 6.92 Å². The van der Waals surface area contributed by atoms with E-state index in [2.05, 4.69) is 11.3 Å². The summed E-state index contributed by atoms with van der Waals surface area (Å²) in [4.78, 5) is 21.6. The lowest BCUT2D eigenvalue weighted by Crippen LogP contribution is -2.40. The van der Waals surface area contributed by atoms with Crippen LogP contribution in [0.4, 0.5) is 0 Å². The Hall–Kier alpha value is -1.60. The molecular formula is C21H38O11. The predicted molar refractivity (Wildman–Crippen MR) is 113 cm³/mol. The molecule has 0 fully saturated rings. The lowest BCUT2D eigenvalue weighted by atomic mass is 9.88. The van der Waals surface area contributed by atoms with Gasteiger partial charge in [-0.2, -0.15) is 0 Å². The van der Waals surface area contributed by atoms with Gasteiger partial charge >= 0.3 is 5.97 Å². The van der Waals surface area contributed by atoms with Crippen molar-refractivity contribution in [1.29, 1.82) is 0 Å². The topological polar surface area (TPSA) is 150 Å². The third-order valence-electron chi connectivity index (χ3n) is 4.38. The van der Waals surface area contributed by atoms with Crippen molar-refractivity contribution < 1.29 is 53.3 Å². The number of carbonyl (C=O) groups is 2. The summed E-state index contributed by atoms with van der Waals surface area (Å²) in [5, 5.41) is 29.5. The first-order chi connectivity index (χ1) is 15.2. The van der Waals surface area contributed by atoms with Crippen LogP contribution in [0.1, 0.15) is 20.3 Å². The van der Waals surface area contributed by atoms with Gasteiger partial charge in [0.25, 0.3) is 6.47 Å². The summed E-state index contributed by atoms with van der Waals surface area (Å²) < 4.78 is 31.1. The molecule has 3 N–H and O–H groups in total. The predicted octanol–water partition coefficient (Wildman–Crippen LogP) is -0.546. The smallest absolute Gasteiger partial charge is 0.333 e. The van der Waals surface area contributed by atoms with Crippen LogP contribution in [0, 0.1) is 5.41 Å². The molecule has 32 heavy (non-hydrogen) atoms. The van der Waals surface area contributed by atoms with Gasteiger partial charge in [0.05, 0.1) is 46.2 Å². The van der Waals surface area contributed by atoms with Gasteiger partial charge in [0, 0.05) is 18.1 Å². The number of hydrogen-bond acceptors (Lipinski definition) is 11. The molecule has 188 valence electrons. The fraction of sp³-hybridized carbons (Fsp3) is 0.810. The van der Waals surface area contributed by atoms with E-state index in [-0.39, 0.29) is 71.5 Å². The van der Waals surface area contributed by atoms with Crippen LogP contribution in [-0.2, 0) is 38.0 Å². The molecule has 0 aromatic heterocycles. The van der Waals surface area contributed by atoms with Crippen LogP contribution in [0.3, 0.4) is 0 Å². The second-order valence-corrected chi connectivity index (χ2v) is 7.62. The Morgan fingerprint density at radius 3 is 1.78 bits per heavy atom. The molecule has 0 heterocycles. The standard InChI is InChI=1S/C21H38O11/c1-5-21(12-28-7-17(23)6-27-4,13-29-8-18(24)10-31-15-22)14-30-9-19(25)11-32-20(26)16(2)3/h15,17-19,23-25H,2,5-14H2,1,3-4H3. The zero-order chi connectivity index (χ0) is 24.4. The summed E-state index contributed by atoms with van der Waals surface area (Å²) in [6.45, 7) is 7.16. The fourth-order valence-corrected chi connectivity index (χ4v) is 2.45. The second kappa shape index (κ2) is 17.9. The first-order valence-electron chi connectivity index (χ1n) is 10.3. The molecule has 0 aliphatic heterocycles. The van der Waals surface area contributed by atoms with Gasteiger partial charge in [-0.3, -0.25) is 4.79 Å². The van der Waals surface area contributed by atoms with Crippen LogP contribution in [0.2, 0.25) is 0 Å². The SMILES string of the molecule is C=C(C)C(=O)OCC(O)COCC(CC)(COCC(O)COC)COCC(O)COC=O. The van der Waals surface area contributed by atoms with Crippen molar-refractivity contribution >= 4 is 12.4 Å². The molecule has 11 nitrogen and oxygen atoms in total. The minimum atomic E-state index is -1.03. The molecule has 4 atom stereocenters. The zero-order valence-corrected chi connectivity index (χ0v) is 19.2. The molecule has 0 saturated heterocycles. The van der Waals surface area contributed by atoms with Gasteiger partial charge in [0.15, 0.2) is 0 Å². The number of carbonyl (C=O) groups excluding carboxylic acids is 2. The number of hydrogen-bond donors (Lipinski definition) is 3. The first-order valence-corrected chi connectivity index (χ1v) is 10.3. The summed E-state index contributed by atoms with van der Waals surface area (Å²) in [5.41, 5.74) is -0.416. The van der Waals surface area contributed by atoms with Crippen LogP contribution < -0.4 is 0 Å². The summed E-state index contributed by atoms with van der Waals surface area (Å²) in [6, 6.07) is 0. The molecular weight excluding hydrogens is 428 g/mol. The summed E-state index contributed by atoms with van der Waals surface area (Å²) in [7, 11) is 1.47. The third kappa shape index (κ3) is 14.5. The highest BCUT2D eigenvalue weighted by atomic mass is 16.6. The van der Waals surface area contributed by atoms with E-state index in [1.54, 1.807) is 0 Å². The van der Waals surface area contributed by atoms with E-state index in [4.69, 9.17) is 23.7 Å². The maximum Gasteiger partial charge on any atom is 0.333 e. The molecule has 11 heteroatoms. The Balaban J connectivity index is 4.73. The van der Waals surface area contributed by atoms with Gasteiger partial charge in [-0.05, 0) is 13.3 Å². The molecule has 0 aliphatic rings. The molecule has 4 unspecified atom stereocenters. The van der Waals surface area contributed by atoms with Crippen molar-refractivity contribution in [1.82, 2.24) is 0 Å². The van der Waals surface area contributed by atoms with Gasteiger partial charge in [-0.25, -0.2) is 4.79 Å². The molecule has 0 aromatic carbocycles. The molecule has 0 aromatic rings. The normalized spacial score (nSPS) is 15.9. The minimum absolute atomic E-state index is 0.0465. The van der Waals surface area contributed by atoms with Crippen LogP contribution in [0.15, 0.2) is 12.2 Å². The number of rotatable bonds is 21. The number of aliphatic hydroxyl groups excluding tert-OH is 3. The van der Waals surface area contributed by atoms with Gasteiger partial charge in [0.1, 0.15) is 31.5 Å². The highest BCUT2D eigenvalue weighted by molar-refractivity contribution is 5.86. The number of methoxy groups -OCH3 is 1. The van der Waals surface area contributed by atoms with E-state index in [0.29, 0.717) is 6.42 Å². The van der Waals surface area contributed by atoms with Gasteiger partial charge < -0.3 is 43.7 Å². The van der Waals surface area contributed by atoms with Crippen molar-refractivity contribution in [2.45, 2.75) is 38.6 Å².